The van der Waals surface area contributed by atoms with Gasteiger partial charge in [-0.3, -0.25) is 4.79 Å². The van der Waals surface area contributed by atoms with Crippen molar-refractivity contribution in [1.82, 2.24) is 14.8 Å². The monoisotopic (exact) mass is 535 g/mol. The maximum atomic E-state index is 14.6. The number of aliphatic hydroxyl groups is 1. The summed E-state index contributed by atoms with van der Waals surface area (Å²) in [7, 11) is 3.29. The molecule has 1 aliphatic heterocycles. The van der Waals surface area contributed by atoms with Crippen LogP contribution in [0.2, 0.25) is 0 Å². The van der Waals surface area contributed by atoms with E-state index in [9.17, 15) is 27.5 Å². The molecule has 0 bridgehead atoms. The second kappa shape index (κ2) is 10.2. The number of aromatic amines is 1. The van der Waals surface area contributed by atoms with E-state index in [0.717, 1.165) is 12.1 Å². The molecule has 0 radical (unpaired) electrons. The molecule has 3 aromatic rings. The van der Waals surface area contributed by atoms with Gasteiger partial charge in [0.05, 0.1) is 12.7 Å². The third-order valence-electron chi connectivity index (χ3n) is 7.41. The van der Waals surface area contributed by atoms with E-state index >= 15 is 0 Å². The first-order valence-electron chi connectivity index (χ1n) is 12.5. The molecule has 0 spiro atoms. The van der Waals surface area contributed by atoms with E-state index in [2.05, 4.69) is 9.88 Å². The molecule has 0 aliphatic carbocycles. The van der Waals surface area contributed by atoms with Crippen molar-refractivity contribution in [3.8, 4) is 5.75 Å². The summed E-state index contributed by atoms with van der Waals surface area (Å²) < 4.78 is 63.2. The van der Waals surface area contributed by atoms with Crippen LogP contribution in [0.15, 0.2) is 42.5 Å². The largest absolute Gasteiger partial charge is 0.496 e. The smallest absolute Gasteiger partial charge is 0.417 e. The number of rotatable bonds is 7. The van der Waals surface area contributed by atoms with Gasteiger partial charge in [-0.25, -0.2) is 4.39 Å². The Balaban J connectivity index is 1.76. The number of halogens is 4. The lowest BCUT2D eigenvalue weighted by Crippen LogP contribution is -2.51. The number of amides is 1. The van der Waals surface area contributed by atoms with Crippen LogP contribution in [-0.4, -0.2) is 77.9 Å². The van der Waals surface area contributed by atoms with Crippen LogP contribution in [0.25, 0.3) is 10.9 Å². The molecule has 1 atom stereocenters. The van der Waals surface area contributed by atoms with Crippen molar-refractivity contribution in [2.75, 3.05) is 40.3 Å². The maximum Gasteiger partial charge on any atom is 0.417 e. The van der Waals surface area contributed by atoms with Crippen LogP contribution >= 0.6 is 0 Å². The number of carbonyl (C=O) groups excluding carboxylic acids is 1. The van der Waals surface area contributed by atoms with E-state index in [1.165, 1.54) is 27.0 Å². The predicted molar refractivity (Wildman–Crippen MR) is 137 cm³/mol. The van der Waals surface area contributed by atoms with Crippen LogP contribution in [0.5, 0.6) is 5.75 Å². The Hall–Kier alpha value is -3.11. The van der Waals surface area contributed by atoms with Crippen molar-refractivity contribution in [1.29, 1.82) is 0 Å². The van der Waals surface area contributed by atoms with Crippen LogP contribution < -0.4 is 4.74 Å². The lowest BCUT2D eigenvalue weighted by molar-refractivity contribution is -0.266. The zero-order valence-corrected chi connectivity index (χ0v) is 22.0. The molecule has 10 heteroatoms. The predicted octanol–water partition coefficient (Wildman–Crippen LogP) is 4.91. The Bertz CT molecular complexity index is 1310. The van der Waals surface area contributed by atoms with Crippen LogP contribution in [0.1, 0.15) is 41.9 Å². The summed E-state index contributed by atoms with van der Waals surface area (Å²) in [5.74, 6) is -0.779. The first-order chi connectivity index (χ1) is 17.8. The van der Waals surface area contributed by atoms with Gasteiger partial charge >= 0.3 is 6.18 Å². The molecule has 206 valence electrons. The average molecular weight is 536 g/mol. The van der Waals surface area contributed by atoms with Gasteiger partial charge in [0.15, 0.2) is 5.60 Å². The summed E-state index contributed by atoms with van der Waals surface area (Å²) in [6, 6.07) is 10.5. The van der Waals surface area contributed by atoms with Gasteiger partial charge in [-0.05, 0) is 43.1 Å². The number of hydrogen-bond donors (Lipinski definition) is 2. The highest BCUT2D eigenvalue weighted by atomic mass is 19.4. The van der Waals surface area contributed by atoms with Crippen LogP contribution in [0.4, 0.5) is 17.6 Å². The summed E-state index contributed by atoms with van der Waals surface area (Å²) in [4.78, 5) is 20.3. The van der Waals surface area contributed by atoms with E-state index in [-0.39, 0.29) is 28.5 Å². The zero-order valence-electron chi connectivity index (χ0n) is 22.0. The summed E-state index contributed by atoms with van der Waals surface area (Å²) in [5, 5.41) is 11.8. The third kappa shape index (κ3) is 5.37. The molecule has 1 amide bonds. The number of methoxy groups -OCH3 is 1. The normalized spacial score (nSPS) is 17.0. The highest BCUT2D eigenvalue weighted by Gasteiger charge is 2.56. The Morgan fingerprint density at radius 3 is 2.37 bits per heavy atom. The van der Waals surface area contributed by atoms with E-state index in [4.69, 9.17) is 4.74 Å². The SMILES string of the molecule is COc1ccc(F)cc1C(C)(C)CC(O)(Cc1[nH]c2ccccc2c1C(=O)N1CCN(C)CC1)C(F)(F)F. The average Bonchev–Trinajstić information content (AvgIpc) is 3.20. The molecule has 1 aliphatic rings. The summed E-state index contributed by atoms with van der Waals surface area (Å²) >= 11 is 0. The Morgan fingerprint density at radius 1 is 1.08 bits per heavy atom. The zero-order chi connectivity index (χ0) is 27.9. The lowest BCUT2D eigenvalue weighted by atomic mass is 9.73. The second-order valence-corrected chi connectivity index (χ2v) is 10.7. The minimum Gasteiger partial charge on any atom is -0.496 e. The number of carbonyl (C=O) groups is 1. The molecule has 38 heavy (non-hydrogen) atoms. The number of fused-ring (bicyclic) bond motifs is 1. The number of H-pyrrole nitrogens is 1. The highest BCUT2D eigenvalue weighted by Crippen LogP contribution is 2.45. The number of para-hydroxylation sites is 1. The van der Waals surface area contributed by atoms with Gasteiger partial charge in [0, 0.05) is 54.8 Å². The number of nitrogens with one attached hydrogen (secondary N) is 1. The molecular formula is C28H33F4N3O3. The molecule has 2 heterocycles. The van der Waals surface area contributed by atoms with Crippen molar-refractivity contribution in [2.24, 2.45) is 0 Å². The Kier molecular flexibility index (Phi) is 7.51. The maximum absolute atomic E-state index is 14.6. The van der Waals surface area contributed by atoms with Crippen molar-refractivity contribution >= 4 is 16.8 Å². The molecule has 2 aromatic carbocycles. The fraction of sp³-hybridized carbons (Fsp3) is 0.464. The number of ether oxygens (including phenoxy) is 1. The Labute approximate surface area is 219 Å². The van der Waals surface area contributed by atoms with Gasteiger partial charge in [-0.1, -0.05) is 32.0 Å². The van der Waals surface area contributed by atoms with E-state index in [1.54, 1.807) is 29.2 Å². The minimum absolute atomic E-state index is 0.0111. The molecule has 2 N–H and O–H groups in total. The second-order valence-electron chi connectivity index (χ2n) is 10.7. The number of piperazine rings is 1. The number of alkyl halides is 3. The molecule has 1 saturated heterocycles. The third-order valence-corrected chi connectivity index (χ3v) is 7.41. The minimum atomic E-state index is -5.05. The van der Waals surface area contributed by atoms with Crippen LogP contribution in [0, 0.1) is 5.82 Å². The van der Waals surface area contributed by atoms with Gasteiger partial charge < -0.3 is 24.6 Å². The van der Waals surface area contributed by atoms with Crippen LogP contribution in [0.3, 0.4) is 0 Å². The molecule has 4 rings (SSSR count). The molecule has 0 saturated carbocycles. The fourth-order valence-corrected chi connectivity index (χ4v) is 5.33. The van der Waals surface area contributed by atoms with E-state index < -0.39 is 35.9 Å². The van der Waals surface area contributed by atoms with Crippen LogP contribution in [-0.2, 0) is 11.8 Å². The van der Waals surface area contributed by atoms with E-state index in [1.807, 2.05) is 7.05 Å². The number of benzene rings is 2. The molecule has 1 fully saturated rings. The number of hydrogen-bond acceptors (Lipinski definition) is 4. The topological polar surface area (TPSA) is 68.8 Å². The molecule has 1 aromatic heterocycles. The number of nitrogens with zero attached hydrogens (tertiary/aromatic N) is 2. The fourth-order valence-electron chi connectivity index (χ4n) is 5.33. The number of likely N-dealkylation sites (N-methyl/N-ethyl adjacent to an activating group) is 1. The number of aromatic nitrogens is 1. The molecular weight excluding hydrogens is 502 g/mol. The van der Waals surface area contributed by atoms with Gasteiger partial charge in [-0.15, -0.1) is 0 Å². The van der Waals surface area contributed by atoms with Crippen molar-refractivity contribution in [2.45, 2.75) is 43.9 Å². The first kappa shape index (κ1) is 27.9. The van der Waals surface area contributed by atoms with Crippen molar-refractivity contribution in [3.63, 3.8) is 0 Å². The molecule has 1 unspecified atom stereocenters. The lowest BCUT2D eigenvalue weighted by Gasteiger charge is -2.38. The summed E-state index contributed by atoms with van der Waals surface area (Å²) in [5.41, 5.74) is -3.72. The van der Waals surface area contributed by atoms with Gasteiger partial charge in [-0.2, -0.15) is 13.2 Å². The van der Waals surface area contributed by atoms with E-state index in [0.29, 0.717) is 37.1 Å². The first-order valence-corrected chi connectivity index (χ1v) is 12.5. The van der Waals surface area contributed by atoms with Gasteiger partial charge in [0.1, 0.15) is 11.6 Å². The standard InChI is InChI=1S/C28H33F4N3O3/c1-26(2,20-15-18(29)9-10-23(20)38-4)17-27(37,28(30,31)32)16-22-24(19-7-5-6-8-21(19)33-22)25(36)35-13-11-34(3)12-14-35/h5-10,15,33,37H,11-14,16-17H2,1-4H3. The summed E-state index contributed by atoms with van der Waals surface area (Å²) in [6.45, 7) is 5.21. The highest BCUT2D eigenvalue weighted by molar-refractivity contribution is 6.08. The Morgan fingerprint density at radius 2 is 1.74 bits per heavy atom. The van der Waals surface area contributed by atoms with Crippen molar-refractivity contribution in [3.05, 3.63) is 65.1 Å². The summed E-state index contributed by atoms with van der Waals surface area (Å²) in [6.07, 6.45) is -6.71. The van der Waals surface area contributed by atoms with Gasteiger partial charge in [0.25, 0.3) is 5.91 Å². The quantitative estimate of drug-likeness (QED) is 0.422. The molecule has 6 nitrogen and oxygen atoms in total. The van der Waals surface area contributed by atoms with Gasteiger partial charge in [0.2, 0.25) is 0 Å². The van der Waals surface area contributed by atoms with Crippen molar-refractivity contribution < 1.29 is 32.2 Å².